The molecule has 0 saturated heterocycles. The Bertz CT molecular complexity index is 138. The van der Waals surface area contributed by atoms with Crippen molar-refractivity contribution in [2.45, 2.75) is 40.5 Å². The van der Waals surface area contributed by atoms with Crippen molar-refractivity contribution in [3.8, 4) is 0 Å². The summed E-state index contributed by atoms with van der Waals surface area (Å²) in [5, 5.41) is 0. The Balaban J connectivity index is 4.01. The first-order valence-electron chi connectivity index (χ1n) is 4.57. The van der Waals surface area contributed by atoms with Crippen LogP contribution in [0.25, 0.3) is 0 Å². The van der Waals surface area contributed by atoms with Gasteiger partial charge in [-0.3, -0.25) is 0 Å². The van der Waals surface area contributed by atoms with Gasteiger partial charge in [0.05, 0.1) is 0 Å². The van der Waals surface area contributed by atoms with Crippen molar-refractivity contribution >= 4 is 0 Å². The first-order chi connectivity index (χ1) is 5.22. The second-order valence-electron chi connectivity index (χ2n) is 3.09. The Labute approximate surface area is 71.0 Å². The lowest BCUT2D eigenvalue weighted by Gasteiger charge is -2.06. The summed E-state index contributed by atoms with van der Waals surface area (Å²) in [5.41, 5.74) is 1.54. The van der Waals surface area contributed by atoms with Crippen LogP contribution in [0.4, 0.5) is 0 Å². The Kier molecular flexibility index (Phi) is 5.91. The van der Waals surface area contributed by atoms with Crippen LogP contribution in [0, 0.1) is 5.92 Å². The molecule has 0 aromatic rings. The smallest absolute Gasteiger partial charge is 0.0257 e. The second kappa shape index (κ2) is 6.21. The van der Waals surface area contributed by atoms with Gasteiger partial charge >= 0.3 is 0 Å². The van der Waals surface area contributed by atoms with Gasteiger partial charge in [0.1, 0.15) is 0 Å². The molecule has 0 rings (SSSR count). The van der Waals surface area contributed by atoms with Crippen LogP contribution in [0.3, 0.4) is 0 Å². The predicted octanol–water partition coefficient (Wildman–Crippen LogP) is 3.95. The number of allylic oxidation sites excluding steroid dienone is 4. The van der Waals surface area contributed by atoms with Gasteiger partial charge in [0, 0.05) is 0 Å². The van der Waals surface area contributed by atoms with Gasteiger partial charge in [-0.15, -0.1) is 0 Å². The lowest BCUT2D eigenvalue weighted by molar-refractivity contribution is 0.732. The number of hydrogen-bond acceptors (Lipinski definition) is 0. The highest BCUT2D eigenvalue weighted by molar-refractivity contribution is 5.13. The third-order valence-corrected chi connectivity index (χ3v) is 1.83. The predicted molar refractivity (Wildman–Crippen MR) is 52.6 cm³/mol. The van der Waals surface area contributed by atoms with Crippen LogP contribution in [0.5, 0.6) is 0 Å². The fourth-order valence-electron chi connectivity index (χ4n) is 1.05. The van der Waals surface area contributed by atoms with Crippen LogP contribution in [-0.4, -0.2) is 0 Å². The van der Waals surface area contributed by atoms with Crippen LogP contribution in [0.15, 0.2) is 23.8 Å². The standard InChI is InChI=1S/C11H20/c1-5-7-8-9-11(6-2)10(3)4/h7-10H,5-6H2,1-4H3/b8-7-,11-9+. The van der Waals surface area contributed by atoms with Gasteiger partial charge in [-0.05, 0) is 18.8 Å². The minimum Gasteiger partial charge on any atom is -0.0848 e. The zero-order valence-electron chi connectivity index (χ0n) is 8.22. The van der Waals surface area contributed by atoms with E-state index in [9.17, 15) is 0 Å². The van der Waals surface area contributed by atoms with Gasteiger partial charge in [-0.25, -0.2) is 0 Å². The van der Waals surface area contributed by atoms with E-state index in [1.165, 1.54) is 12.0 Å². The first-order valence-corrected chi connectivity index (χ1v) is 4.57. The normalized spacial score (nSPS) is 13.4. The van der Waals surface area contributed by atoms with Crippen LogP contribution in [0.1, 0.15) is 40.5 Å². The third kappa shape index (κ3) is 4.83. The van der Waals surface area contributed by atoms with E-state index in [2.05, 4.69) is 45.9 Å². The number of hydrogen-bond donors (Lipinski definition) is 0. The Morgan fingerprint density at radius 2 is 1.91 bits per heavy atom. The molecule has 0 saturated carbocycles. The van der Waals surface area contributed by atoms with E-state index in [0.717, 1.165) is 6.42 Å². The van der Waals surface area contributed by atoms with Crippen molar-refractivity contribution < 1.29 is 0 Å². The molecule has 0 atom stereocenters. The third-order valence-electron chi connectivity index (χ3n) is 1.83. The molecule has 0 fully saturated rings. The molecule has 0 unspecified atom stereocenters. The highest BCUT2D eigenvalue weighted by atomic mass is 14.0. The van der Waals surface area contributed by atoms with E-state index in [1.54, 1.807) is 0 Å². The fourth-order valence-corrected chi connectivity index (χ4v) is 1.05. The quantitative estimate of drug-likeness (QED) is 0.535. The molecule has 64 valence electrons. The molecule has 0 amide bonds. The minimum atomic E-state index is 0.696. The molecule has 0 aromatic heterocycles. The van der Waals surface area contributed by atoms with E-state index in [-0.39, 0.29) is 0 Å². The largest absolute Gasteiger partial charge is 0.0848 e. The van der Waals surface area contributed by atoms with Crippen molar-refractivity contribution in [2.75, 3.05) is 0 Å². The molecule has 0 heteroatoms. The maximum atomic E-state index is 2.25. The molecule has 0 aliphatic heterocycles. The van der Waals surface area contributed by atoms with Crippen LogP contribution in [0.2, 0.25) is 0 Å². The molecule has 0 aliphatic carbocycles. The fraction of sp³-hybridized carbons (Fsp3) is 0.636. The summed E-state index contributed by atoms with van der Waals surface area (Å²) in [7, 11) is 0. The van der Waals surface area contributed by atoms with Crippen LogP contribution in [-0.2, 0) is 0 Å². The molecule has 0 N–H and O–H groups in total. The van der Waals surface area contributed by atoms with Crippen LogP contribution >= 0.6 is 0 Å². The zero-order chi connectivity index (χ0) is 8.69. The first kappa shape index (κ1) is 10.5. The van der Waals surface area contributed by atoms with E-state index in [1.807, 2.05) is 0 Å². The van der Waals surface area contributed by atoms with Crippen molar-refractivity contribution in [3.63, 3.8) is 0 Å². The topological polar surface area (TPSA) is 0 Å². The maximum Gasteiger partial charge on any atom is -0.0257 e. The Hall–Kier alpha value is -0.520. The van der Waals surface area contributed by atoms with Crippen molar-refractivity contribution in [1.82, 2.24) is 0 Å². The average Bonchev–Trinajstić information content (AvgIpc) is 1.97. The van der Waals surface area contributed by atoms with Gasteiger partial charge in [0.2, 0.25) is 0 Å². The molecule has 0 radical (unpaired) electrons. The van der Waals surface area contributed by atoms with Crippen molar-refractivity contribution in [1.29, 1.82) is 0 Å². The van der Waals surface area contributed by atoms with Crippen molar-refractivity contribution in [2.24, 2.45) is 5.92 Å². The van der Waals surface area contributed by atoms with E-state index < -0.39 is 0 Å². The molecule has 0 spiro atoms. The van der Waals surface area contributed by atoms with Crippen molar-refractivity contribution in [3.05, 3.63) is 23.8 Å². The minimum absolute atomic E-state index is 0.696. The highest BCUT2D eigenvalue weighted by Gasteiger charge is 1.96. The maximum absolute atomic E-state index is 2.25. The lowest BCUT2D eigenvalue weighted by Crippen LogP contribution is -1.90. The van der Waals surface area contributed by atoms with Gasteiger partial charge in [0.25, 0.3) is 0 Å². The van der Waals surface area contributed by atoms with Gasteiger partial charge in [-0.1, -0.05) is 51.5 Å². The lowest BCUT2D eigenvalue weighted by atomic mass is 10.0. The van der Waals surface area contributed by atoms with Gasteiger partial charge in [-0.2, -0.15) is 0 Å². The number of rotatable bonds is 4. The molecule has 0 aliphatic rings. The van der Waals surface area contributed by atoms with E-state index in [0.29, 0.717) is 5.92 Å². The van der Waals surface area contributed by atoms with Gasteiger partial charge < -0.3 is 0 Å². The van der Waals surface area contributed by atoms with Gasteiger partial charge in [0.15, 0.2) is 0 Å². The molecule has 0 nitrogen and oxygen atoms in total. The van der Waals surface area contributed by atoms with E-state index in [4.69, 9.17) is 0 Å². The molecule has 0 heterocycles. The molecular formula is C11H20. The monoisotopic (exact) mass is 152 g/mol. The average molecular weight is 152 g/mol. The summed E-state index contributed by atoms with van der Waals surface area (Å²) in [4.78, 5) is 0. The second-order valence-corrected chi connectivity index (χ2v) is 3.09. The molecule has 11 heavy (non-hydrogen) atoms. The summed E-state index contributed by atoms with van der Waals surface area (Å²) in [6.45, 7) is 8.86. The molecule has 0 bridgehead atoms. The summed E-state index contributed by atoms with van der Waals surface area (Å²) < 4.78 is 0. The highest BCUT2D eigenvalue weighted by Crippen LogP contribution is 2.12. The summed E-state index contributed by atoms with van der Waals surface area (Å²) in [6, 6.07) is 0. The SMILES string of the molecule is CC/C=C\C=C(/CC)C(C)C. The zero-order valence-corrected chi connectivity index (χ0v) is 8.22. The molecular weight excluding hydrogens is 132 g/mol. The Morgan fingerprint density at radius 3 is 2.27 bits per heavy atom. The van der Waals surface area contributed by atoms with E-state index >= 15 is 0 Å². The molecule has 0 aromatic carbocycles. The summed E-state index contributed by atoms with van der Waals surface area (Å²) >= 11 is 0. The Morgan fingerprint density at radius 1 is 1.27 bits per heavy atom. The van der Waals surface area contributed by atoms with Crippen LogP contribution < -0.4 is 0 Å². The summed E-state index contributed by atoms with van der Waals surface area (Å²) in [5.74, 6) is 0.696. The summed E-state index contributed by atoms with van der Waals surface area (Å²) in [6.07, 6.45) is 8.91.